The van der Waals surface area contributed by atoms with Crippen molar-refractivity contribution < 1.29 is 58.1 Å². The number of unbranched alkanes of at least 4 members (excludes halogenated alkanes) is 2. The molecule has 0 aliphatic heterocycles. The van der Waals surface area contributed by atoms with Crippen LogP contribution in [-0.4, -0.2) is 19.2 Å². The second-order valence-electron chi connectivity index (χ2n) is 7.93. The SMILES string of the molecule is O=C([O-])c1cc(=O)c2ccc(OCCCCCOc3cccc(OCc4ccccc4)c3)cc2o1.[Na+]. The summed E-state index contributed by atoms with van der Waals surface area (Å²) >= 11 is 0. The van der Waals surface area contributed by atoms with Crippen LogP contribution in [0.15, 0.2) is 88.1 Å². The number of aromatic carboxylic acids is 1. The number of benzene rings is 3. The Bertz CT molecular complexity index is 1330. The third-order valence-corrected chi connectivity index (χ3v) is 5.28. The first-order valence-electron chi connectivity index (χ1n) is 11.4. The van der Waals surface area contributed by atoms with Gasteiger partial charge in [0.15, 0.2) is 11.2 Å². The van der Waals surface area contributed by atoms with Crippen molar-refractivity contribution in [2.45, 2.75) is 25.9 Å². The molecule has 0 aliphatic rings. The van der Waals surface area contributed by atoms with Gasteiger partial charge < -0.3 is 28.5 Å². The number of carboxylic acids is 1. The standard InChI is InChI=1S/C28H26O7.Na/c29-25-18-27(28(30)31)35-26-17-23(12-13-24(25)26)33-15-6-2-5-14-32-21-10-7-11-22(16-21)34-19-20-8-3-1-4-9-20;/h1,3-4,7-13,16-18H,2,5-6,14-15,19H2,(H,30,31);/q;+1/p-1. The predicted molar refractivity (Wildman–Crippen MR) is 129 cm³/mol. The van der Waals surface area contributed by atoms with Crippen LogP contribution in [0.5, 0.6) is 17.2 Å². The Morgan fingerprint density at radius 1 is 0.750 bits per heavy atom. The third kappa shape index (κ3) is 7.88. The Kier molecular flexibility index (Phi) is 10.4. The van der Waals surface area contributed by atoms with E-state index in [0.717, 1.165) is 42.4 Å². The molecule has 36 heavy (non-hydrogen) atoms. The summed E-state index contributed by atoms with van der Waals surface area (Å²) in [4.78, 5) is 23.0. The molecule has 0 saturated heterocycles. The minimum absolute atomic E-state index is 0. The number of fused-ring (bicyclic) bond motifs is 1. The van der Waals surface area contributed by atoms with E-state index in [2.05, 4.69) is 0 Å². The number of rotatable bonds is 12. The first-order valence-corrected chi connectivity index (χ1v) is 11.4. The summed E-state index contributed by atoms with van der Waals surface area (Å²) in [6.45, 7) is 1.56. The zero-order valence-electron chi connectivity index (χ0n) is 20.1. The van der Waals surface area contributed by atoms with Gasteiger partial charge in [0.2, 0.25) is 0 Å². The van der Waals surface area contributed by atoms with E-state index in [-0.39, 0.29) is 40.5 Å². The average molecular weight is 496 g/mol. The van der Waals surface area contributed by atoms with Gasteiger partial charge in [-0.15, -0.1) is 0 Å². The molecule has 0 saturated carbocycles. The van der Waals surface area contributed by atoms with Gasteiger partial charge in [-0.1, -0.05) is 36.4 Å². The van der Waals surface area contributed by atoms with Crippen LogP contribution in [0, 0.1) is 0 Å². The van der Waals surface area contributed by atoms with Crippen molar-refractivity contribution >= 4 is 16.9 Å². The van der Waals surface area contributed by atoms with Crippen LogP contribution in [0.4, 0.5) is 0 Å². The van der Waals surface area contributed by atoms with E-state index in [0.29, 0.717) is 25.6 Å². The normalized spacial score (nSPS) is 10.4. The zero-order valence-corrected chi connectivity index (χ0v) is 22.1. The van der Waals surface area contributed by atoms with E-state index in [9.17, 15) is 14.7 Å². The number of ether oxygens (including phenoxy) is 3. The van der Waals surface area contributed by atoms with Crippen molar-refractivity contribution in [1.82, 2.24) is 0 Å². The Morgan fingerprint density at radius 3 is 2.11 bits per heavy atom. The Labute approximate surface area is 230 Å². The molecule has 1 heterocycles. The summed E-state index contributed by atoms with van der Waals surface area (Å²) in [6, 6.07) is 23.2. The van der Waals surface area contributed by atoms with Gasteiger partial charge in [-0.05, 0) is 49.1 Å². The topological polar surface area (TPSA) is 98.0 Å². The molecule has 0 aliphatic carbocycles. The maximum absolute atomic E-state index is 12.0. The zero-order chi connectivity index (χ0) is 24.5. The first kappa shape index (κ1) is 27.3. The molecule has 0 radical (unpaired) electrons. The smallest absolute Gasteiger partial charge is 0.542 e. The third-order valence-electron chi connectivity index (χ3n) is 5.28. The summed E-state index contributed by atoms with van der Waals surface area (Å²) < 4.78 is 22.6. The molecule has 7 nitrogen and oxygen atoms in total. The largest absolute Gasteiger partial charge is 1.00 e. The van der Waals surface area contributed by atoms with Crippen LogP contribution in [0.1, 0.15) is 35.4 Å². The molecule has 0 unspecified atom stereocenters. The minimum Gasteiger partial charge on any atom is -0.542 e. The molecular weight excluding hydrogens is 471 g/mol. The summed E-state index contributed by atoms with van der Waals surface area (Å²) in [5.41, 5.74) is 0.819. The van der Waals surface area contributed by atoms with Crippen LogP contribution in [0.2, 0.25) is 0 Å². The van der Waals surface area contributed by atoms with Gasteiger partial charge in [-0.3, -0.25) is 4.79 Å². The summed E-state index contributed by atoms with van der Waals surface area (Å²) in [6.07, 6.45) is 2.58. The maximum atomic E-state index is 12.0. The van der Waals surface area contributed by atoms with Crippen LogP contribution in [0.3, 0.4) is 0 Å². The minimum atomic E-state index is -1.54. The van der Waals surface area contributed by atoms with Gasteiger partial charge in [0.05, 0.1) is 18.6 Å². The molecule has 0 amide bonds. The van der Waals surface area contributed by atoms with E-state index in [4.69, 9.17) is 18.6 Å². The van der Waals surface area contributed by atoms with Crippen LogP contribution < -0.4 is 54.3 Å². The van der Waals surface area contributed by atoms with Gasteiger partial charge >= 0.3 is 29.6 Å². The van der Waals surface area contributed by atoms with E-state index >= 15 is 0 Å². The van der Waals surface area contributed by atoms with Crippen molar-refractivity contribution in [3.8, 4) is 17.2 Å². The fourth-order valence-corrected chi connectivity index (χ4v) is 3.48. The quantitative estimate of drug-likeness (QED) is 0.216. The molecule has 0 atom stereocenters. The van der Waals surface area contributed by atoms with Crippen LogP contribution >= 0.6 is 0 Å². The molecule has 4 rings (SSSR count). The van der Waals surface area contributed by atoms with Crippen LogP contribution in [-0.2, 0) is 6.61 Å². The Morgan fingerprint density at radius 2 is 1.42 bits per heavy atom. The molecule has 1 aromatic heterocycles. The second kappa shape index (κ2) is 13.7. The van der Waals surface area contributed by atoms with Crippen molar-refractivity contribution in [2.75, 3.05) is 13.2 Å². The first-order chi connectivity index (χ1) is 17.1. The fourth-order valence-electron chi connectivity index (χ4n) is 3.48. The van der Waals surface area contributed by atoms with Crippen LogP contribution in [0.25, 0.3) is 11.0 Å². The van der Waals surface area contributed by atoms with Crippen molar-refractivity contribution in [3.05, 3.63) is 100 Å². The average Bonchev–Trinajstić information content (AvgIpc) is 2.87. The molecular formula is C28H25NaO7. The molecule has 0 spiro atoms. The summed E-state index contributed by atoms with van der Waals surface area (Å²) in [5.74, 6) is -0.0188. The fraction of sp³-hybridized carbons (Fsp3) is 0.214. The molecule has 0 N–H and O–H groups in total. The van der Waals surface area contributed by atoms with E-state index in [1.807, 2.05) is 54.6 Å². The molecule has 4 aromatic rings. The van der Waals surface area contributed by atoms with E-state index in [1.54, 1.807) is 12.1 Å². The van der Waals surface area contributed by atoms with Crippen molar-refractivity contribution in [2.24, 2.45) is 0 Å². The molecule has 180 valence electrons. The van der Waals surface area contributed by atoms with E-state index < -0.39 is 17.2 Å². The predicted octanol–water partition coefficient (Wildman–Crippen LogP) is 1.37. The van der Waals surface area contributed by atoms with E-state index in [1.165, 1.54) is 6.07 Å². The molecule has 0 fully saturated rings. The maximum Gasteiger partial charge on any atom is 1.00 e. The van der Waals surface area contributed by atoms with Gasteiger partial charge in [0, 0.05) is 18.2 Å². The van der Waals surface area contributed by atoms with Gasteiger partial charge in [-0.2, -0.15) is 0 Å². The van der Waals surface area contributed by atoms with Gasteiger partial charge in [0.25, 0.3) is 0 Å². The number of hydrogen-bond acceptors (Lipinski definition) is 7. The number of carbonyl (C=O) groups excluding carboxylic acids is 1. The molecule has 0 bridgehead atoms. The van der Waals surface area contributed by atoms with Gasteiger partial charge in [0.1, 0.15) is 35.4 Å². The van der Waals surface area contributed by atoms with Crippen molar-refractivity contribution in [3.63, 3.8) is 0 Å². The Hall–Kier alpha value is -3.26. The molecule has 3 aromatic carbocycles. The second-order valence-corrected chi connectivity index (χ2v) is 7.93. The van der Waals surface area contributed by atoms with Crippen molar-refractivity contribution in [1.29, 1.82) is 0 Å². The summed E-state index contributed by atoms with van der Waals surface area (Å²) in [7, 11) is 0. The van der Waals surface area contributed by atoms with Gasteiger partial charge in [-0.25, -0.2) is 0 Å². The summed E-state index contributed by atoms with van der Waals surface area (Å²) in [5, 5.41) is 11.3. The number of carbonyl (C=O) groups is 1. The number of carboxylic acid groups (broad SMARTS) is 1. The molecule has 8 heteroatoms. The Balaban J connectivity index is 0.00000361. The number of hydrogen-bond donors (Lipinski definition) is 0. The monoisotopic (exact) mass is 496 g/mol.